The van der Waals surface area contributed by atoms with Crippen molar-refractivity contribution in [2.75, 3.05) is 13.2 Å². The van der Waals surface area contributed by atoms with Crippen molar-refractivity contribution in [3.8, 4) is 0 Å². The highest BCUT2D eigenvalue weighted by Crippen LogP contribution is 2.50. The normalized spacial score (nSPS) is 21.2. The highest BCUT2D eigenvalue weighted by Gasteiger charge is 2.54. The first-order valence-electron chi connectivity index (χ1n) is 19.1. The summed E-state index contributed by atoms with van der Waals surface area (Å²) in [6.07, 6.45) is 4.27. The molecule has 12 heteroatoms. The lowest BCUT2D eigenvalue weighted by Gasteiger charge is -2.33. The van der Waals surface area contributed by atoms with E-state index in [9.17, 15) is 16.8 Å². The van der Waals surface area contributed by atoms with E-state index in [1.807, 2.05) is 38.1 Å². The molecule has 0 spiro atoms. The van der Waals surface area contributed by atoms with Crippen molar-refractivity contribution < 1.29 is 34.7 Å². The number of hydrogen-bond acceptors (Lipinski definition) is 10. The van der Waals surface area contributed by atoms with E-state index in [0.717, 1.165) is 35.1 Å². The second kappa shape index (κ2) is 15.3. The van der Waals surface area contributed by atoms with E-state index in [4.69, 9.17) is 27.8 Å². The number of aliphatic imine (C=N–C) groups is 2. The van der Waals surface area contributed by atoms with Crippen molar-refractivity contribution in [1.82, 2.24) is 0 Å². The van der Waals surface area contributed by atoms with Gasteiger partial charge in [-0.2, -0.15) is 16.8 Å². The molecular weight excluding hydrogens is 737 g/mol. The van der Waals surface area contributed by atoms with Crippen LogP contribution < -0.4 is 0 Å². The summed E-state index contributed by atoms with van der Waals surface area (Å²) < 4.78 is 76.5. The van der Waals surface area contributed by atoms with Gasteiger partial charge in [-0.1, -0.05) is 83.9 Å². The Kier molecular flexibility index (Phi) is 10.4. The summed E-state index contributed by atoms with van der Waals surface area (Å²) in [4.78, 5) is 10.8. The van der Waals surface area contributed by atoms with Crippen molar-refractivity contribution in [2.45, 2.75) is 99.3 Å². The molecule has 0 radical (unpaired) electrons. The van der Waals surface area contributed by atoms with Gasteiger partial charge < -0.3 is 9.47 Å². The minimum absolute atomic E-state index is 0.00885. The van der Waals surface area contributed by atoms with E-state index in [0.29, 0.717) is 50.3 Å². The minimum Gasteiger partial charge on any atom is -0.474 e. The summed E-state index contributed by atoms with van der Waals surface area (Å²) in [6.45, 7) is 3.82. The van der Waals surface area contributed by atoms with Crippen molar-refractivity contribution in [2.24, 2.45) is 15.4 Å². The molecule has 2 aliphatic heterocycles. The summed E-state index contributed by atoms with van der Waals surface area (Å²) in [5.41, 5.74) is 5.82. The van der Waals surface area contributed by atoms with E-state index in [1.165, 1.54) is 11.1 Å². The standard InChI is InChI=1S/C43H46N2O8S2/c1-29-15-19-33(20-16-29)54(46,47)50-25-9-7-23-43(41-44-39-35-13-5-3-11-31(35)27-37(39)52-41,42-45-40-36-14-6-4-12-32(36)28-38(40)53-42)24-8-10-26-51-55(48,49)34-21-17-30(2)18-22-34/h3-6,11-22,37-40H,7-10,23-28H2,1-2H3/t37-,38-,39+,40+/m0/s1. The van der Waals surface area contributed by atoms with Crippen LogP contribution in [0.2, 0.25) is 0 Å². The van der Waals surface area contributed by atoms with Gasteiger partial charge in [0, 0.05) is 12.8 Å². The predicted octanol–water partition coefficient (Wildman–Crippen LogP) is 7.93. The lowest BCUT2D eigenvalue weighted by Crippen LogP contribution is -2.42. The summed E-state index contributed by atoms with van der Waals surface area (Å²) in [5, 5.41) is 0. The van der Waals surface area contributed by atoms with Crippen molar-refractivity contribution in [3.05, 3.63) is 130 Å². The Labute approximate surface area is 323 Å². The first-order chi connectivity index (χ1) is 26.5. The second-order valence-corrected chi connectivity index (χ2v) is 18.3. The van der Waals surface area contributed by atoms with Gasteiger partial charge >= 0.3 is 0 Å². The number of unbranched alkanes of at least 4 members (excludes halogenated alkanes) is 2. The van der Waals surface area contributed by atoms with Gasteiger partial charge in [-0.25, -0.2) is 9.98 Å². The number of ether oxygens (including phenoxy) is 2. The third-order valence-corrected chi connectivity index (χ3v) is 13.9. The maximum atomic E-state index is 13.0. The molecule has 2 heterocycles. The number of hydrogen-bond donors (Lipinski definition) is 0. The Morgan fingerprint density at radius 1 is 0.582 bits per heavy atom. The summed E-state index contributed by atoms with van der Waals surface area (Å²) in [6, 6.07) is 29.5. The van der Waals surface area contributed by atoms with E-state index in [-0.39, 0.29) is 47.3 Å². The maximum Gasteiger partial charge on any atom is 0.296 e. The van der Waals surface area contributed by atoms with Gasteiger partial charge in [-0.05, 0) is 98.9 Å². The number of aryl methyl sites for hydroxylation is 2. The minimum atomic E-state index is -3.92. The van der Waals surface area contributed by atoms with Crippen molar-refractivity contribution in [3.63, 3.8) is 0 Å². The molecular formula is C43H46N2O8S2. The maximum absolute atomic E-state index is 13.0. The quantitative estimate of drug-likeness (QED) is 0.0828. The first kappa shape index (κ1) is 37.6. The number of nitrogens with zero attached hydrogens (tertiary/aromatic N) is 2. The van der Waals surface area contributed by atoms with E-state index < -0.39 is 25.7 Å². The molecule has 0 N–H and O–H groups in total. The fourth-order valence-corrected chi connectivity index (χ4v) is 10.1. The molecule has 0 aromatic heterocycles. The van der Waals surface area contributed by atoms with Gasteiger partial charge in [0.15, 0.2) is 11.8 Å². The van der Waals surface area contributed by atoms with Crippen LogP contribution in [0.5, 0.6) is 0 Å². The zero-order valence-corrected chi connectivity index (χ0v) is 32.7. The molecule has 0 amide bonds. The highest BCUT2D eigenvalue weighted by atomic mass is 32.2. The number of fused-ring (bicyclic) bond motifs is 6. The van der Waals surface area contributed by atoms with E-state index in [2.05, 4.69) is 24.3 Å². The van der Waals surface area contributed by atoms with Gasteiger partial charge in [0.05, 0.1) is 23.0 Å². The third kappa shape index (κ3) is 7.61. The van der Waals surface area contributed by atoms with E-state index >= 15 is 0 Å². The Hall–Kier alpha value is -4.36. The molecule has 0 unspecified atom stereocenters. The summed E-state index contributed by atoms with van der Waals surface area (Å²) in [5.74, 6) is 1.15. The number of benzene rings is 4. The van der Waals surface area contributed by atoms with E-state index in [1.54, 1.807) is 48.5 Å². The van der Waals surface area contributed by atoms with Crippen LogP contribution in [-0.4, -0.2) is 54.1 Å². The molecule has 55 heavy (non-hydrogen) atoms. The summed E-state index contributed by atoms with van der Waals surface area (Å²) in [7, 11) is -7.83. The average Bonchev–Trinajstić information content (AvgIpc) is 3.94. The first-order valence-corrected chi connectivity index (χ1v) is 21.9. The van der Waals surface area contributed by atoms with Crippen LogP contribution in [0.4, 0.5) is 0 Å². The van der Waals surface area contributed by atoms with Crippen LogP contribution in [0, 0.1) is 19.3 Å². The van der Waals surface area contributed by atoms with Gasteiger partial charge in [0.2, 0.25) is 0 Å². The Balaban J connectivity index is 1.06. The van der Waals surface area contributed by atoms with Crippen molar-refractivity contribution >= 4 is 32.0 Å². The topological polar surface area (TPSA) is 130 Å². The van der Waals surface area contributed by atoms with Gasteiger partial charge in [-0.15, -0.1) is 0 Å². The Morgan fingerprint density at radius 3 is 1.40 bits per heavy atom. The zero-order valence-electron chi connectivity index (χ0n) is 31.1. The molecule has 4 aliphatic rings. The lowest BCUT2D eigenvalue weighted by molar-refractivity contribution is 0.153. The molecule has 4 atom stereocenters. The smallest absolute Gasteiger partial charge is 0.296 e. The van der Waals surface area contributed by atoms with Crippen LogP contribution in [-0.2, 0) is 50.9 Å². The molecule has 2 aliphatic carbocycles. The molecule has 0 saturated heterocycles. The fourth-order valence-electron chi connectivity index (χ4n) is 8.25. The average molecular weight is 783 g/mol. The molecule has 288 valence electrons. The van der Waals surface area contributed by atoms with Crippen LogP contribution in [0.1, 0.15) is 84.0 Å². The van der Waals surface area contributed by atoms with Gasteiger partial charge in [0.25, 0.3) is 20.2 Å². The zero-order chi connectivity index (χ0) is 38.2. The van der Waals surface area contributed by atoms with Crippen molar-refractivity contribution in [1.29, 1.82) is 0 Å². The second-order valence-electron chi connectivity index (χ2n) is 15.1. The van der Waals surface area contributed by atoms with Gasteiger partial charge in [0.1, 0.15) is 29.7 Å². The molecule has 10 nitrogen and oxygen atoms in total. The fraction of sp³-hybridized carbons (Fsp3) is 0.395. The van der Waals surface area contributed by atoms with Crippen LogP contribution in [0.3, 0.4) is 0 Å². The van der Waals surface area contributed by atoms with Crippen LogP contribution in [0.15, 0.2) is 117 Å². The van der Waals surface area contributed by atoms with Crippen LogP contribution >= 0.6 is 0 Å². The SMILES string of the molecule is Cc1ccc(S(=O)(=O)OCCCCC(CCCCOS(=O)(=O)c2ccc(C)cc2)(C2=N[C@@H]3c4ccccc4C[C@@H]3O2)C2=N[C@@H]3c4ccccc4C[C@@H]3O2)cc1. The number of rotatable bonds is 16. The lowest BCUT2D eigenvalue weighted by atomic mass is 9.77. The molecule has 0 bridgehead atoms. The molecule has 4 aromatic rings. The third-order valence-electron chi connectivity index (χ3n) is 11.2. The Morgan fingerprint density at radius 2 is 0.982 bits per heavy atom. The largest absolute Gasteiger partial charge is 0.474 e. The molecule has 4 aromatic carbocycles. The molecule has 0 saturated carbocycles. The Bertz CT molecular complexity index is 2160. The van der Waals surface area contributed by atoms with Crippen LogP contribution in [0.25, 0.3) is 0 Å². The highest BCUT2D eigenvalue weighted by molar-refractivity contribution is 7.87. The van der Waals surface area contributed by atoms with Gasteiger partial charge in [-0.3, -0.25) is 8.37 Å². The monoisotopic (exact) mass is 782 g/mol. The predicted molar refractivity (Wildman–Crippen MR) is 209 cm³/mol. The molecule has 0 fully saturated rings. The molecule has 8 rings (SSSR count). The summed E-state index contributed by atoms with van der Waals surface area (Å²) >= 11 is 0.